The van der Waals surface area contributed by atoms with Gasteiger partial charge in [-0.15, -0.1) is 0 Å². The standard InChI is InChI=1S/C16H18N2O5S/c1-2-24(20,21)18-11-15(23-14-8-4-3-7-13(14)18)16(19)17-10-12-6-5-9-22-12/h3-9,15H,2,10-11H2,1H3,(H,17,19). The summed E-state index contributed by atoms with van der Waals surface area (Å²) in [6.07, 6.45) is 0.598. The van der Waals surface area contributed by atoms with E-state index in [2.05, 4.69) is 5.32 Å². The maximum absolute atomic E-state index is 12.4. The average Bonchev–Trinajstić information content (AvgIpc) is 3.12. The van der Waals surface area contributed by atoms with E-state index in [0.717, 1.165) is 0 Å². The smallest absolute Gasteiger partial charge is 0.263 e. The van der Waals surface area contributed by atoms with Crippen molar-refractivity contribution in [2.24, 2.45) is 0 Å². The quantitative estimate of drug-likeness (QED) is 0.883. The summed E-state index contributed by atoms with van der Waals surface area (Å²) in [6, 6.07) is 10.3. The molecule has 2 heterocycles. The monoisotopic (exact) mass is 350 g/mol. The maximum Gasteiger partial charge on any atom is 0.263 e. The van der Waals surface area contributed by atoms with Gasteiger partial charge in [0.05, 0.1) is 30.8 Å². The number of anilines is 1. The molecule has 1 aromatic heterocycles. The average molecular weight is 350 g/mol. The molecular formula is C16H18N2O5S. The lowest BCUT2D eigenvalue weighted by Gasteiger charge is -2.34. The molecule has 0 saturated heterocycles. The molecule has 24 heavy (non-hydrogen) atoms. The molecule has 1 aromatic carbocycles. The van der Waals surface area contributed by atoms with Gasteiger partial charge in [0.25, 0.3) is 5.91 Å². The van der Waals surface area contributed by atoms with Crippen molar-refractivity contribution in [3.8, 4) is 5.75 Å². The van der Waals surface area contributed by atoms with Crippen LogP contribution in [0.25, 0.3) is 0 Å². The molecule has 0 fully saturated rings. The molecule has 1 unspecified atom stereocenters. The molecule has 0 spiro atoms. The van der Waals surface area contributed by atoms with E-state index in [9.17, 15) is 13.2 Å². The Labute approximate surface area is 140 Å². The van der Waals surface area contributed by atoms with Crippen LogP contribution in [0, 0.1) is 0 Å². The molecule has 0 aliphatic carbocycles. The second-order valence-electron chi connectivity index (χ2n) is 5.30. The molecule has 1 aliphatic rings. The third-order valence-electron chi connectivity index (χ3n) is 3.74. The largest absolute Gasteiger partial charge is 0.476 e. The van der Waals surface area contributed by atoms with Gasteiger partial charge in [-0.3, -0.25) is 9.10 Å². The van der Waals surface area contributed by atoms with Crippen LogP contribution in [0.4, 0.5) is 5.69 Å². The third kappa shape index (κ3) is 3.23. The first kappa shape index (κ1) is 16.4. The summed E-state index contributed by atoms with van der Waals surface area (Å²) < 4.78 is 36.8. The predicted octanol–water partition coefficient (Wildman–Crippen LogP) is 1.51. The molecule has 0 radical (unpaired) electrons. The van der Waals surface area contributed by atoms with Crippen LogP contribution in [0.15, 0.2) is 47.1 Å². The summed E-state index contributed by atoms with van der Waals surface area (Å²) in [7, 11) is -3.50. The highest BCUT2D eigenvalue weighted by Gasteiger charge is 2.35. The number of sulfonamides is 1. The first-order valence-corrected chi connectivity index (χ1v) is 9.18. The van der Waals surface area contributed by atoms with Crippen molar-refractivity contribution >= 4 is 21.6 Å². The number of nitrogens with zero attached hydrogens (tertiary/aromatic N) is 1. The highest BCUT2D eigenvalue weighted by molar-refractivity contribution is 7.92. The van der Waals surface area contributed by atoms with Gasteiger partial charge in [0.1, 0.15) is 11.5 Å². The van der Waals surface area contributed by atoms with Gasteiger partial charge in [0.2, 0.25) is 10.0 Å². The second-order valence-corrected chi connectivity index (χ2v) is 7.49. The number of amides is 1. The number of benzene rings is 1. The topological polar surface area (TPSA) is 88.9 Å². The molecule has 1 N–H and O–H groups in total. The number of fused-ring (bicyclic) bond motifs is 1. The third-order valence-corrected chi connectivity index (χ3v) is 5.49. The zero-order valence-electron chi connectivity index (χ0n) is 13.1. The number of furan rings is 1. The number of rotatable bonds is 5. The number of hydrogen-bond donors (Lipinski definition) is 1. The Morgan fingerprint density at radius 3 is 2.79 bits per heavy atom. The lowest BCUT2D eigenvalue weighted by molar-refractivity contribution is -0.128. The van der Waals surface area contributed by atoms with Gasteiger partial charge >= 0.3 is 0 Å². The minimum Gasteiger partial charge on any atom is -0.476 e. The van der Waals surface area contributed by atoms with Gasteiger partial charge in [-0.05, 0) is 31.2 Å². The Morgan fingerprint density at radius 2 is 2.08 bits per heavy atom. The van der Waals surface area contributed by atoms with Crippen LogP contribution in [-0.4, -0.2) is 32.7 Å². The molecule has 2 aromatic rings. The Morgan fingerprint density at radius 1 is 1.29 bits per heavy atom. The molecule has 3 rings (SSSR count). The molecule has 0 bridgehead atoms. The van der Waals surface area contributed by atoms with E-state index in [1.165, 1.54) is 10.6 Å². The van der Waals surface area contributed by atoms with Crippen molar-refractivity contribution in [3.05, 3.63) is 48.4 Å². The van der Waals surface area contributed by atoms with Crippen LogP contribution in [0.3, 0.4) is 0 Å². The molecule has 128 valence electrons. The molecule has 1 atom stereocenters. The number of ether oxygens (including phenoxy) is 1. The van der Waals surface area contributed by atoms with Gasteiger partial charge in [0, 0.05) is 0 Å². The van der Waals surface area contributed by atoms with E-state index in [4.69, 9.17) is 9.15 Å². The summed E-state index contributed by atoms with van der Waals surface area (Å²) in [4.78, 5) is 12.4. The Bertz CT molecular complexity index is 817. The minimum absolute atomic E-state index is 0.0535. The lowest BCUT2D eigenvalue weighted by atomic mass is 10.2. The Hall–Kier alpha value is -2.48. The van der Waals surface area contributed by atoms with Crippen LogP contribution in [-0.2, 0) is 21.4 Å². The van der Waals surface area contributed by atoms with Gasteiger partial charge in [0.15, 0.2) is 6.10 Å². The Balaban J connectivity index is 1.80. The minimum atomic E-state index is -3.50. The summed E-state index contributed by atoms with van der Waals surface area (Å²) in [5, 5.41) is 2.70. The van der Waals surface area contributed by atoms with Crippen molar-refractivity contribution in [3.63, 3.8) is 0 Å². The fourth-order valence-corrected chi connectivity index (χ4v) is 3.58. The van der Waals surface area contributed by atoms with Crippen molar-refractivity contribution in [1.82, 2.24) is 5.32 Å². The van der Waals surface area contributed by atoms with Gasteiger partial charge in [-0.1, -0.05) is 12.1 Å². The summed E-state index contributed by atoms with van der Waals surface area (Å²) >= 11 is 0. The van der Waals surface area contributed by atoms with Crippen molar-refractivity contribution in [1.29, 1.82) is 0 Å². The molecular weight excluding hydrogens is 332 g/mol. The number of para-hydroxylation sites is 2. The molecule has 1 aliphatic heterocycles. The Kier molecular flexibility index (Phi) is 4.48. The highest BCUT2D eigenvalue weighted by Crippen LogP contribution is 2.35. The predicted molar refractivity (Wildman–Crippen MR) is 88.2 cm³/mol. The molecule has 7 nitrogen and oxygen atoms in total. The van der Waals surface area contributed by atoms with Crippen LogP contribution in [0.5, 0.6) is 5.75 Å². The van der Waals surface area contributed by atoms with Crippen LogP contribution in [0.1, 0.15) is 12.7 Å². The molecule has 1 amide bonds. The molecule has 0 saturated carbocycles. The van der Waals surface area contributed by atoms with Gasteiger partial charge in [-0.2, -0.15) is 0 Å². The lowest BCUT2D eigenvalue weighted by Crippen LogP contribution is -2.50. The summed E-state index contributed by atoms with van der Waals surface area (Å²) in [6.45, 7) is 1.73. The van der Waals surface area contributed by atoms with Crippen LogP contribution in [0.2, 0.25) is 0 Å². The van der Waals surface area contributed by atoms with E-state index < -0.39 is 22.0 Å². The van der Waals surface area contributed by atoms with E-state index in [0.29, 0.717) is 17.2 Å². The van der Waals surface area contributed by atoms with Gasteiger partial charge < -0.3 is 14.5 Å². The van der Waals surface area contributed by atoms with Crippen LogP contribution < -0.4 is 14.4 Å². The van der Waals surface area contributed by atoms with Crippen molar-refractivity contribution in [2.75, 3.05) is 16.6 Å². The van der Waals surface area contributed by atoms with E-state index in [1.807, 2.05) is 0 Å². The van der Waals surface area contributed by atoms with E-state index >= 15 is 0 Å². The second kappa shape index (κ2) is 6.56. The van der Waals surface area contributed by atoms with E-state index in [1.54, 1.807) is 43.3 Å². The van der Waals surface area contributed by atoms with Gasteiger partial charge in [-0.25, -0.2) is 8.42 Å². The maximum atomic E-state index is 12.4. The fourth-order valence-electron chi connectivity index (χ4n) is 2.46. The SMILES string of the molecule is CCS(=O)(=O)N1CC(C(=O)NCc2ccco2)Oc2ccccc21. The summed E-state index contributed by atoms with van der Waals surface area (Å²) in [5.74, 6) is 0.538. The number of nitrogens with one attached hydrogen (secondary N) is 1. The fraction of sp³-hybridized carbons (Fsp3) is 0.312. The highest BCUT2D eigenvalue weighted by atomic mass is 32.2. The number of hydrogen-bond acceptors (Lipinski definition) is 5. The zero-order chi connectivity index (χ0) is 17.2. The van der Waals surface area contributed by atoms with Crippen molar-refractivity contribution in [2.45, 2.75) is 19.6 Å². The van der Waals surface area contributed by atoms with Crippen LogP contribution >= 0.6 is 0 Å². The normalized spacial score (nSPS) is 17.0. The number of carbonyl (C=O) groups excluding carboxylic acids is 1. The first-order valence-electron chi connectivity index (χ1n) is 7.57. The summed E-state index contributed by atoms with van der Waals surface area (Å²) in [5.41, 5.74) is 0.453. The first-order chi connectivity index (χ1) is 11.5. The zero-order valence-corrected chi connectivity index (χ0v) is 14.0. The number of carbonyl (C=O) groups is 1. The van der Waals surface area contributed by atoms with Crippen molar-refractivity contribution < 1.29 is 22.4 Å². The van der Waals surface area contributed by atoms with E-state index in [-0.39, 0.29) is 18.8 Å². The molecule has 8 heteroatoms.